The van der Waals surface area contributed by atoms with Gasteiger partial charge in [0.2, 0.25) is 0 Å². The molecule has 4 rings (SSSR count). The van der Waals surface area contributed by atoms with E-state index in [4.69, 9.17) is 9.31 Å². The number of hydrogen-bond donors (Lipinski definition) is 0. The fraction of sp³-hybridized carbons (Fsp3) is 0.500. The van der Waals surface area contributed by atoms with Gasteiger partial charge in [-0.05, 0) is 64.3 Å². The first kappa shape index (κ1) is 18.3. The molecule has 0 N–H and O–H groups in total. The standard InChI is InChI=1S/C20H24BBrFNO2/c1-18(2)19(3,4)26-21(25-18)17(23)11-20(8-9-20)15-12-24(5)16-10-13(22)6-7-14(15)16/h6-7,10-12H,8-9H2,1-5H3. The Bertz CT molecular complexity index is 898. The van der Waals surface area contributed by atoms with Crippen molar-refractivity contribution in [3.05, 3.63) is 46.2 Å². The van der Waals surface area contributed by atoms with E-state index in [1.807, 2.05) is 40.8 Å². The Morgan fingerprint density at radius 2 is 1.81 bits per heavy atom. The van der Waals surface area contributed by atoms with Crippen LogP contribution in [0.4, 0.5) is 4.39 Å². The SMILES string of the molecule is Cn1cc(C2(C=C(F)B3OC(C)(C)C(C)(C)O3)CC2)c2ccc(Br)cc21. The highest BCUT2D eigenvalue weighted by atomic mass is 79.9. The lowest BCUT2D eigenvalue weighted by Gasteiger charge is -2.32. The summed E-state index contributed by atoms with van der Waals surface area (Å²) in [5.41, 5.74) is 0.659. The number of aryl methyl sites for hydroxylation is 1. The molecule has 0 spiro atoms. The molecule has 1 saturated heterocycles. The third kappa shape index (κ3) is 2.77. The highest BCUT2D eigenvalue weighted by molar-refractivity contribution is 9.10. The van der Waals surface area contributed by atoms with Crippen LogP contribution >= 0.6 is 15.9 Å². The van der Waals surface area contributed by atoms with Crippen molar-refractivity contribution < 1.29 is 13.7 Å². The van der Waals surface area contributed by atoms with Crippen LogP contribution in [0.15, 0.2) is 40.7 Å². The van der Waals surface area contributed by atoms with Crippen LogP contribution in [0.5, 0.6) is 0 Å². The number of rotatable bonds is 3. The zero-order valence-electron chi connectivity index (χ0n) is 15.9. The van der Waals surface area contributed by atoms with E-state index in [2.05, 4.69) is 38.8 Å². The molecule has 1 aromatic carbocycles. The van der Waals surface area contributed by atoms with E-state index in [0.29, 0.717) is 0 Å². The Hall–Kier alpha value is -1.11. The summed E-state index contributed by atoms with van der Waals surface area (Å²) in [6.45, 7) is 7.76. The van der Waals surface area contributed by atoms with Crippen molar-refractivity contribution in [1.29, 1.82) is 0 Å². The molecule has 0 unspecified atom stereocenters. The maximum Gasteiger partial charge on any atom is 0.524 e. The smallest absolute Gasteiger partial charge is 0.398 e. The topological polar surface area (TPSA) is 23.4 Å². The maximum atomic E-state index is 15.1. The molecule has 3 nitrogen and oxygen atoms in total. The average Bonchev–Trinajstić information content (AvgIpc) is 3.18. The lowest BCUT2D eigenvalue weighted by Crippen LogP contribution is -2.41. The number of halogens is 2. The van der Waals surface area contributed by atoms with Crippen molar-refractivity contribution in [2.24, 2.45) is 7.05 Å². The van der Waals surface area contributed by atoms with Gasteiger partial charge in [0.25, 0.3) is 0 Å². The normalized spacial score (nSPS) is 23.7. The van der Waals surface area contributed by atoms with Gasteiger partial charge < -0.3 is 13.9 Å². The monoisotopic (exact) mass is 419 g/mol. The Balaban J connectivity index is 1.70. The number of benzene rings is 1. The number of allylic oxidation sites excluding steroid dienone is 1. The summed E-state index contributed by atoms with van der Waals surface area (Å²) in [5.74, 6) is 0. The Morgan fingerprint density at radius 1 is 1.19 bits per heavy atom. The summed E-state index contributed by atoms with van der Waals surface area (Å²) in [7, 11) is 1.10. The van der Waals surface area contributed by atoms with E-state index in [1.54, 1.807) is 6.08 Å². The minimum atomic E-state index is -0.929. The van der Waals surface area contributed by atoms with Gasteiger partial charge >= 0.3 is 7.12 Å². The highest BCUT2D eigenvalue weighted by Gasteiger charge is 2.54. The molecule has 1 aromatic heterocycles. The summed E-state index contributed by atoms with van der Waals surface area (Å²) in [6.07, 6.45) is 5.73. The fourth-order valence-corrected chi connectivity index (χ4v) is 4.02. The largest absolute Gasteiger partial charge is 0.524 e. The van der Waals surface area contributed by atoms with Crippen molar-refractivity contribution in [3.8, 4) is 0 Å². The molecule has 2 aromatic rings. The van der Waals surface area contributed by atoms with Gasteiger partial charge in [-0.1, -0.05) is 22.0 Å². The predicted molar refractivity (Wildman–Crippen MR) is 107 cm³/mol. The molecule has 138 valence electrons. The minimum Gasteiger partial charge on any atom is -0.398 e. The molecule has 1 saturated carbocycles. The van der Waals surface area contributed by atoms with Crippen LogP contribution in [0.3, 0.4) is 0 Å². The van der Waals surface area contributed by atoms with Crippen molar-refractivity contribution in [1.82, 2.24) is 4.57 Å². The van der Waals surface area contributed by atoms with E-state index in [1.165, 1.54) is 10.9 Å². The van der Waals surface area contributed by atoms with Crippen LogP contribution in [0.25, 0.3) is 10.9 Å². The lowest BCUT2D eigenvalue weighted by molar-refractivity contribution is 0.00578. The fourth-order valence-electron chi connectivity index (χ4n) is 3.67. The first-order valence-corrected chi connectivity index (χ1v) is 9.83. The number of nitrogens with zero attached hydrogens (tertiary/aromatic N) is 1. The third-order valence-corrected chi connectivity index (χ3v) is 6.66. The molecule has 2 fully saturated rings. The number of hydrogen-bond acceptors (Lipinski definition) is 2. The molecule has 0 amide bonds. The van der Waals surface area contributed by atoms with E-state index in [-0.39, 0.29) is 11.1 Å². The van der Waals surface area contributed by atoms with Gasteiger partial charge in [-0.3, -0.25) is 0 Å². The summed E-state index contributed by atoms with van der Waals surface area (Å²) in [5, 5.41) is 1.17. The van der Waals surface area contributed by atoms with Crippen LogP contribution in [-0.4, -0.2) is 22.9 Å². The van der Waals surface area contributed by atoms with E-state index in [0.717, 1.165) is 22.8 Å². The second-order valence-corrected chi connectivity index (χ2v) is 9.50. The molecular formula is C20H24BBrFNO2. The highest BCUT2D eigenvalue weighted by Crippen LogP contribution is 2.53. The molecule has 0 bridgehead atoms. The Labute approximate surface area is 162 Å². The van der Waals surface area contributed by atoms with Crippen LogP contribution in [0, 0.1) is 0 Å². The van der Waals surface area contributed by atoms with Gasteiger partial charge in [0.15, 0.2) is 0 Å². The van der Waals surface area contributed by atoms with Gasteiger partial charge in [-0.2, -0.15) is 0 Å². The van der Waals surface area contributed by atoms with Crippen LogP contribution in [-0.2, 0) is 21.8 Å². The predicted octanol–water partition coefficient (Wildman–Crippen LogP) is 5.46. The van der Waals surface area contributed by atoms with Gasteiger partial charge in [-0.15, -0.1) is 0 Å². The van der Waals surface area contributed by atoms with Crippen molar-refractivity contribution >= 4 is 34.0 Å². The average molecular weight is 420 g/mol. The van der Waals surface area contributed by atoms with E-state index in [9.17, 15) is 0 Å². The van der Waals surface area contributed by atoms with Crippen molar-refractivity contribution in [2.45, 2.75) is 57.2 Å². The third-order valence-electron chi connectivity index (χ3n) is 6.17. The maximum absolute atomic E-state index is 15.1. The summed E-state index contributed by atoms with van der Waals surface area (Å²) >= 11 is 3.53. The van der Waals surface area contributed by atoms with Crippen molar-refractivity contribution in [3.63, 3.8) is 0 Å². The first-order chi connectivity index (χ1) is 12.0. The molecule has 2 aliphatic rings. The molecule has 0 atom stereocenters. The quantitative estimate of drug-likeness (QED) is 0.616. The van der Waals surface area contributed by atoms with Gasteiger partial charge in [-0.25, -0.2) is 4.39 Å². The molecule has 0 radical (unpaired) electrons. The second-order valence-electron chi connectivity index (χ2n) is 8.59. The van der Waals surface area contributed by atoms with Crippen LogP contribution in [0.1, 0.15) is 46.1 Å². The number of aromatic nitrogens is 1. The zero-order valence-corrected chi connectivity index (χ0v) is 17.5. The van der Waals surface area contributed by atoms with Gasteiger partial charge in [0, 0.05) is 34.0 Å². The lowest BCUT2D eigenvalue weighted by atomic mass is 9.83. The summed E-state index contributed by atoms with van der Waals surface area (Å²) < 4.78 is 30.0. The van der Waals surface area contributed by atoms with Crippen LogP contribution < -0.4 is 0 Å². The second kappa shape index (κ2) is 5.70. The van der Waals surface area contributed by atoms with Gasteiger partial charge in [0.05, 0.1) is 11.2 Å². The molecule has 2 heterocycles. The molecule has 6 heteroatoms. The minimum absolute atomic E-state index is 0.263. The molecule has 1 aliphatic carbocycles. The molecular weight excluding hydrogens is 396 g/mol. The van der Waals surface area contributed by atoms with Crippen LogP contribution in [0.2, 0.25) is 0 Å². The molecule has 1 aliphatic heterocycles. The van der Waals surface area contributed by atoms with Crippen molar-refractivity contribution in [2.75, 3.05) is 0 Å². The molecule has 26 heavy (non-hydrogen) atoms. The van der Waals surface area contributed by atoms with E-state index < -0.39 is 18.3 Å². The summed E-state index contributed by atoms with van der Waals surface area (Å²) in [4.78, 5) is 0. The zero-order chi connectivity index (χ0) is 18.9. The number of fused-ring (bicyclic) bond motifs is 1. The Morgan fingerprint density at radius 3 is 2.38 bits per heavy atom. The van der Waals surface area contributed by atoms with E-state index >= 15 is 4.39 Å². The van der Waals surface area contributed by atoms with Gasteiger partial charge in [0.1, 0.15) is 5.73 Å². The first-order valence-electron chi connectivity index (χ1n) is 9.04. The summed E-state index contributed by atoms with van der Waals surface area (Å²) in [6, 6.07) is 6.24. The Kier molecular flexibility index (Phi) is 4.00.